The number of hydrogen-bond donors (Lipinski definition) is 0. The number of benzene rings is 1. The monoisotopic (exact) mass is 316 g/mol. The van der Waals surface area contributed by atoms with Gasteiger partial charge in [-0.2, -0.15) is 5.26 Å². The van der Waals surface area contributed by atoms with Crippen molar-refractivity contribution in [3.8, 4) is 6.07 Å². The second-order valence-electron chi connectivity index (χ2n) is 2.78. The summed E-state index contributed by atoms with van der Waals surface area (Å²) in [5.41, 5.74) is -0.0818. The second kappa shape index (κ2) is 4.35. The van der Waals surface area contributed by atoms with Crippen molar-refractivity contribution in [1.82, 2.24) is 0 Å². The molecular weight excluding hydrogens is 311 g/mol. The lowest BCUT2D eigenvalue weighted by atomic mass is 10.1. The van der Waals surface area contributed by atoms with Gasteiger partial charge in [-0.1, -0.05) is 0 Å². The second-order valence-corrected chi connectivity index (χ2v) is 3.94. The SMILES string of the molecule is CC(=O)c1c(I)cc(C#N)cc1[N+](=O)[O-]. The van der Waals surface area contributed by atoms with Crippen molar-refractivity contribution in [2.45, 2.75) is 6.92 Å². The Kier molecular flexibility index (Phi) is 3.36. The molecule has 1 aromatic carbocycles. The summed E-state index contributed by atoms with van der Waals surface area (Å²) in [5.74, 6) is -0.379. The fourth-order valence-electron chi connectivity index (χ4n) is 1.15. The highest BCUT2D eigenvalue weighted by molar-refractivity contribution is 14.1. The maximum absolute atomic E-state index is 11.2. The van der Waals surface area contributed by atoms with Crippen LogP contribution in [0.5, 0.6) is 0 Å². The molecule has 1 aromatic rings. The molecule has 5 nitrogen and oxygen atoms in total. The smallest absolute Gasteiger partial charge is 0.282 e. The van der Waals surface area contributed by atoms with E-state index in [0.29, 0.717) is 3.57 Å². The summed E-state index contributed by atoms with van der Waals surface area (Å²) in [6.45, 7) is 1.26. The Labute approximate surface area is 99.0 Å². The first-order chi connectivity index (χ1) is 6.97. The largest absolute Gasteiger partial charge is 0.294 e. The molecular formula is C9H5IN2O3. The van der Waals surface area contributed by atoms with Crippen molar-refractivity contribution in [3.05, 3.63) is 36.9 Å². The highest BCUT2D eigenvalue weighted by Crippen LogP contribution is 2.26. The zero-order valence-electron chi connectivity index (χ0n) is 7.65. The number of nitro groups is 1. The minimum Gasteiger partial charge on any atom is -0.294 e. The van der Waals surface area contributed by atoms with E-state index in [9.17, 15) is 14.9 Å². The van der Waals surface area contributed by atoms with Gasteiger partial charge in [-0.3, -0.25) is 14.9 Å². The number of rotatable bonds is 2. The van der Waals surface area contributed by atoms with E-state index in [4.69, 9.17) is 5.26 Å². The maximum atomic E-state index is 11.2. The van der Waals surface area contributed by atoms with Crippen molar-refractivity contribution in [2.24, 2.45) is 0 Å². The van der Waals surface area contributed by atoms with Crippen LogP contribution >= 0.6 is 22.6 Å². The van der Waals surface area contributed by atoms with Gasteiger partial charge >= 0.3 is 0 Å². The minimum atomic E-state index is -0.653. The molecule has 1 rings (SSSR count). The lowest BCUT2D eigenvalue weighted by Gasteiger charge is -2.02. The van der Waals surface area contributed by atoms with Gasteiger partial charge in [-0.05, 0) is 35.6 Å². The predicted octanol–water partition coefficient (Wildman–Crippen LogP) is 2.27. The molecule has 0 unspecified atom stereocenters. The van der Waals surface area contributed by atoms with Gasteiger partial charge in [-0.25, -0.2) is 0 Å². The third-order valence-corrected chi connectivity index (χ3v) is 2.60. The first kappa shape index (κ1) is 11.6. The molecule has 0 amide bonds. The number of ketones is 1. The van der Waals surface area contributed by atoms with Gasteiger partial charge in [0, 0.05) is 9.64 Å². The van der Waals surface area contributed by atoms with Crippen LogP contribution in [0.1, 0.15) is 22.8 Å². The Morgan fingerprint density at radius 1 is 1.60 bits per heavy atom. The average molecular weight is 316 g/mol. The van der Waals surface area contributed by atoms with E-state index in [-0.39, 0.29) is 22.6 Å². The summed E-state index contributed by atoms with van der Waals surface area (Å²) >= 11 is 1.81. The molecule has 0 aromatic heterocycles. The van der Waals surface area contributed by atoms with Crippen molar-refractivity contribution in [3.63, 3.8) is 0 Å². The van der Waals surface area contributed by atoms with Crippen molar-refractivity contribution < 1.29 is 9.72 Å². The summed E-state index contributed by atoms with van der Waals surface area (Å²) in [6.07, 6.45) is 0. The molecule has 0 aliphatic carbocycles. The molecule has 0 atom stereocenters. The van der Waals surface area contributed by atoms with Gasteiger partial charge in [-0.15, -0.1) is 0 Å². The molecule has 15 heavy (non-hydrogen) atoms. The molecule has 6 heteroatoms. The number of hydrogen-bond acceptors (Lipinski definition) is 4. The number of carbonyl (C=O) groups is 1. The summed E-state index contributed by atoms with van der Waals surface area (Å²) in [4.78, 5) is 21.2. The fourth-order valence-corrected chi connectivity index (χ4v) is 2.14. The lowest BCUT2D eigenvalue weighted by molar-refractivity contribution is -0.385. The zero-order valence-corrected chi connectivity index (χ0v) is 9.81. The summed E-state index contributed by atoms with van der Waals surface area (Å²) in [5, 5.41) is 19.3. The minimum absolute atomic E-state index is 0.0552. The zero-order chi connectivity index (χ0) is 11.6. The van der Waals surface area contributed by atoms with Crippen LogP contribution in [0.2, 0.25) is 0 Å². The first-order valence-electron chi connectivity index (χ1n) is 3.86. The van der Waals surface area contributed by atoms with Crippen LogP contribution < -0.4 is 0 Å². The number of nitro benzene ring substituents is 1. The standard InChI is InChI=1S/C9H5IN2O3/c1-5(13)9-7(10)2-6(4-11)3-8(9)12(14)15/h2-3H,1H3. The van der Waals surface area contributed by atoms with Gasteiger partial charge in [0.1, 0.15) is 5.56 Å². The number of nitriles is 1. The summed E-state index contributed by atoms with van der Waals surface area (Å²) < 4.78 is 0.422. The van der Waals surface area contributed by atoms with Crippen LogP contribution in [-0.2, 0) is 0 Å². The Morgan fingerprint density at radius 3 is 2.60 bits per heavy atom. The van der Waals surface area contributed by atoms with E-state index >= 15 is 0 Å². The van der Waals surface area contributed by atoms with Gasteiger partial charge in [0.05, 0.1) is 16.6 Å². The number of halogens is 1. The van der Waals surface area contributed by atoms with Crippen LogP contribution in [0.4, 0.5) is 5.69 Å². The third-order valence-electron chi connectivity index (χ3n) is 1.75. The highest BCUT2D eigenvalue weighted by atomic mass is 127. The van der Waals surface area contributed by atoms with Crippen molar-refractivity contribution in [2.75, 3.05) is 0 Å². The van der Waals surface area contributed by atoms with Crippen LogP contribution in [0, 0.1) is 25.0 Å². The van der Waals surface area contributed by atoms with E-state index in [1.807, 2.05) is 28.7 Å². The highest BCUT2D eigenvalue weighted by Gasteiger charge is 2.21. The number of carbonyl (C=O) groups excluding carboxylic acids is 1. The molecule has 0 spiro atoms. The van der Waals surface area contributed by atoms with Crippen LogP contribution in [0.3, 0.4) is 0 Å². The van der Waals surface area contributed by atoms with Gasteiger partial charge in [0.25, 0.3) is 5.69 Å². The third kappa shape index (κ3) is 2.30. The predicted molar refractivity (Wildman–Crippen MR) is 60.5 cm³/mol. The maximum Gasteiger partial charge on any atom is 0.282 e. The number of nitrogens with zero attached hydrogens (tertiary/aromatic N) is 2. The Balaban J connectivity index is 3.58. The Bertz CT molecular complexity index is 491. The molecule has 0 radical (unpaired) electrons. The fraction of sp³-hybridized carbons (Fsp3) is 0.111. The van der Waals surface area contributed by atoms with Gasteiger partial charge in [0.15, 0.2) is 5.78 Å². The van der Waals surface area contributed by atoms with E-state index < -0.39 is 4.92 Å². The van der Waals surface area contributed by atoms with E-state index in [0.717, 1.165) is 6.07 Å². The normalized spacial score (nSPS) is 9.40. The molecule has 0 saturated carbocycles. The van der Waals surface area contributed by atoms with E-state index in [2.05, 4.69) is 0 Å². The summed E-state index contributed by atoms with van der Waals surface area (Å²) in [7, 11) is 0. The van der Waals surface area contributed by atoms with Gasteiger partial charge in [0.2, 0.25) is 0 Å². The summed E-state index contributed by atoms with van der Waals surface area (Å²) in [6, 6.07) is 4.37. The van der Waals surface area contributed by atoms with E-state index in [1.165, 1.54) is 13.0 Å². The number of Topliss-reactive ketones (excluding diaryl/α,β-unsaturated/α-hetero) is 1. The van der Waals surface area contributed by atoms with Crippen molar-refractivity contribution >= 4 is 34.1 Å². The molecule has 0 aliphatic rings. The molecule has 0 N–H and O–H groups in total. The molecule has 0 aliphatic heterocycles. The quantitative estimate of drug-likeness (QED) is 0.363. The first-order valence-corrected chi connectivity index (χ1v) is 4.94. The van der Waals surface area contributed by atoms with Crippen LogP contribution in [0.15, 0.2) is 12.1 Å². The molecule has 0 bridgehead atoms. The van der Waals surface area contributed by atoms with Crippen LogP contribution in [-0.4, -0.2) is 10.7 Å². The molecule has 76 valence electrons. The lowest BCUT2D eigenvalue weighted by Crippen LogP contribution is -2.03. The Morgan fingerprint density at radius 2 is 2.20 bits per heavy atom. The molecule has 0 saturated heterocycles. The topological polar surface area (TPSA) is 84.0 Å². The van der Waals surface area contributed by atoms with Crippen molar-refractivity contribution in [1.29, 1.82) is 5.26 Å². The van der Waals surface area contributed by atoms with Crippen LogP contribution in [0.25, 0.3) is 0 Å². The molecule has 0 fully saturated rings. The molecule has 0 heterocycles. The van der Waals surface area contributed by atoms with Gasteiger partial charge < -0.3 is 0 Å². The van der Waals surface area contributed by atoms with E-state index in [1.54, 1.807) is 0 Å². The average Bonchev–Trinajstić information content (AvgIpc) is 2.15. The Hall–Kier alpha value is -1.49.